The highest BCUT2D eigenvalue weighted by Gasteiger charge is 2.33. The average Bonchev–Trinajstić information content (AvgIpc) is 2.37. The Kier molecular flexibility index (Phi) is 4.22. The van der Waals surface area contributed by atoms with E-state index in [1.54, 1.807) is 11.9 Å². The normalized spacial score (nSPS) is 23.7. The predicted octanol–water partition coefficient (Wildman–Crippen LogP) is 3.58. The van der Waals surface area contributed by atoms with Gasteiger partial charge in [-0.2, -0.15) is 13.2 Å². The van der Waals surface area contributed by atoms with Gasteiger partial charge in [-0.05, 0) is 31.0 Å². The Morgan fingerprint density at radius 3 is 2.40 bits per heavy atom. The highest BCUT2D eigenvalue weighted by molar-refractivity contribution is 5.50. The zero-order valence-corrected chi connectivity index (χ0v) is 11.1. The van der Waals surface area contributed by atoms with E-state index in [4.69, 9.17) is 0 Å². The lowest BCUT2D eigenvalue weighted by Gasteiger charge is -2.36. The number of alkyl halides is 3. The molecule has 1 aromatic carbocycles. The molecule has 2 unspecified atom stereocenters. The zero-order chi connectivity index (χ0) is 14.9. The average molecular weight is 291 g/mol. The third-order valence-electron chi connectivity index (χ3n) is 3.85. The van der Waals surface area contributed by atoms with Crippen LogP contribution in [-0.4, -0.2) is 24.3 Å². The van der Waals surface area contributed by atoms with E-state index in [9.17, 15) is 22.7 Å². The SMILES string of the molecule is CN(c1ccc(C(F)(F)F)cc1F)C1CCCCC1O. The molecule has 2 atom stereocenters. The molecule has 0 aromatic heterocycles. The number of benzene rings is 1. The molecule has 1 aliphatic carbocycles. The molecule has 1 saturated carbocycles. The molecule has 0 aliphatic heterocycles. The molecule has 0 radical (unpaired) electrons. The largest absolute Gasteiger partial charge is 0.416 e. The van der Waals surface area contributed by atoms with Crippen LogP contribution in [0.1, 0.15) is 31.2 Å². The van der Waals surface area contributed by atoms with Gasteiger partial charge in [-0.25, -0.2) is 4.39 Å². The van der Waals surface area contributed by atoms with Gasteiger partial charge in [-0.15, -0.1) is 0 Å². The van der Waals surface area contributed by atoms with Crippen molar-refractivity contribution in [1.82, 2.24) is 0 Å². The van der Waals surface area contributed by atoms with Crippen molar-refractivity contribution >= 4 is 5.69 Å². The second kappa shape index (κ2) is 5.60. The van der Waals surface area contributed by atoms with Crippen LogP contribution in [0.5, 0.6) is 0 Å². The molecule has 0 bridgehead atoms. The van der Waals surface area contributed by atoms with Crippen molar-refractivity contribution in [2.75, 3.05) is 11.9 Å². The lowest BCUT2D eigenvalue weighted by Crippen LogP contribution is -2.43. The van der Waals surface area contributed by atoms with E-state index in [-0.39, 0.29) is 11.7 Å². The number of nitrogens with zero attached hydrogens (tertiary/aromatic N) is 1. The van der Waals surface area contributed by atoms with Crippen LogP contribution in [0.4, 0.5) is 23.2 Å². The van der Waals surface area contributed by atoms with Crippen LogP contribution in [0, 0.1) is 5.82 Å². The molecule has 0 amide bonds. The maximum absolute atomic E-state index is 13.9. The van der Waals surface area contributed by atoms with Crippen molar-refractivity contribution in [3.05, 3.63) is 29.6 Å². The molecule has 2 rings (SSSR count). The van der Waals surface area contributed by atoms with Crippen LogP contribution in [0.15, 0.2) is 18.2 Å². The third kappa shape index (κ3) is 3.06. The van der Waals surface area contributed by atoms with Crippen molar-refractivity contribution in [2.45, 2.75) is 44.0 Å². The number of halogens is 4. The highest BCUT2D eigenvalue weighted by atomic mass is 19.4. The molecule has 2 nitrogen and oxygen atoms in total. The van der Waals surface area contributed by atoms with Gasteiger partial charge in [0.25, 0.3) is 0 Å². The summed E-state index contributed by atoms with van der Waals surface area (Å²) in [5.74, 6) is -0.917. The summed E-state index contributed by atoms with van der Waals surface area (Å²) in [6.07, 6.45) is -1.94. The summed E-state index contributed by atoms with van der Waals surface area (Å²) in [6, 6.07) is 2.24. The second-order valence-electron chi connectivity index (χ2n) is 5.19. The summed E-state index contributed by atoms with van der Waals surface area (Å²) in [5.41, 5.74) is -0.916. The Labute approximate surface area is 115 Å². The van der Waals surface area contributed by atoms with Crippen molar-refractivity contribution in [3.8, 4) is 0 Å². The minimum absolute atomic E-state index is 0.0870. The minimum atomic E-state index is -4.55. The summed E-state index contributed by atoms with van der Waals surface area (Å²) < 4.78 is 51.4. The van der Waals surface area contributed by atoms with Crippen LogP contribution in [0.2, 0.25) is 0 Å². The zero-order valence-electron chi connectivity index (χ0n) is 11.1. The number of rotatable bonds is 2. The number of aliphatic hydroxyl groups is 1. The first-order chi connectivity index (χ1) is 9.30. The summed E-state index contributed by atoms with van der Waals surface area (Å²) in [6.45, 7) is 0. The van der Waals surface area contributed by atoms with E-state index in [0.29, 0.717) is 18.9 Å². The molecule has 6 heteroatoms. The van der Waals surface area contributed by atoms with E-state index in [1.807, 2.05) is 0 Å². The van der Waals surface area contributed by atoms with Gasteiger partial charge in [0.15, 0.2) is 0 Å². The Bertz CT molecular complexity index is 475. The van der Waals surface area contributed by atoms with Crippen LogP contribution >= 0.6 is 0 Å². The second-order valence-corrected chi connectivity index (χ2v) is 5.19. The topological polar surface area (TPSA) is 23.5 Å². The van der Waals surface area contributed by atoms with E-state index >= 15 is 0 Å². The first-order valence-corrected chi connectivity index (χ1v) is 6.58. The number of hydrogen-bond acceptors (Lipinski definition) is 2. The predicted molar refractivity (Wildman–Crippen MR) is 68.1 cm³/mol. The molecular weight excluding hydrogens is 274 g/mol. The third-order valence-corrected chi connectivity index (χ3v) is 3.85. The van der Waals surface area contributed by atoms with Crippen LogP contribution in [0.25, 0.3) is 0 Å². The van der Waals surface area contributed by atoms with Gasteiger partial charge < -0.3 is 10.0 Å². The van der Waals surface area contributed by atoms with Crippen LogP contribution < -0.4 is 4.90 Å². The standard InChI is InChI=1S/C14H17F4NO/c1-19(12-4-2-3-5-13(12)20)11-7-6-9(8-10(11)15)14(16,17)18/h6-8,12-13,20H,2-5H2,1H3. The maximum Gasteiger partial charge on any atom is 0.416 e. The van der Waals surface area contributed by atoms with Gasteiger partial charge in [0.2, 0.25) is 0 Å². The highest BCUT2D eigenvalue weighted by Crippen LogP contribution is 2.33. The molecule has 0 heterocycles. The molecule has 20 heavy (non-hydrogen) atoms. The number of aliphatic hydroxyl groups excluding tert-OH is 1. The fourth-order valence-corrected chi connectivity index (χ4v) is 2.69. The first kappa shape index (κ1) is 15.1. The Morgan fingerprint density at radius 1 is 1.20 bits per heavy atom. The molecule has 112 valence electrons. The molecule has 1 N–H and O–H groups in total. The van der Waals surface area contributed by atoms with Gasteiger partial charge in [0.05, 0.1) is 23.4 Å². The molecular formula is C14H17F4NO. The molecule has 1 aliphatic rings. The van der Waals surface area contributed by atoms with E-state index in [1.165, 1.54) is 0 Å². The Morgan fingerprint density at radius 2 is 1.85 bits per heavy atom. The van der Waals surface area contributed by atoms with E-state index in [0.717, 1.165) is 25.0 Å². The lowest BCUT2D eigenvalue weighted by atomic mass is 9.91. The van der Waals surface area contributed by atoms with Gasteiger partial charge in [-0.3, -0.25) is 0 Å². The Balaban J connectivity index is 2.24. The van der Waals surface area contributed by atoms with E-state index in [2.05, 4.69) is 0 Å². The van der Waals surface area contributed by atoms with Gasteiger partial charge in [0, 0.05) is 7.05 Å². The summed E-state index contributed by atoms with van der Waals surface area (Å²) >= 11 is 0. The fourth-order valence-electron chi connectivity index (χ4n) is 2.69. The van der Waals surface area contributed by atoms with Gasteiger partial charge in [0.1, 0.15) is 5.82 Å². The summed E-state index contributed by atoms with van der Waals surface area (Å²) in [7, 11) is 1.60. The van der Waals surface area contributed by atoms with Crippen molar-refractivity contribution in [2.24, 2.45) is 0 Å². The molecule has 1 aromatic rings. The van der Waals surface area contributed by atoms with Crippen molar-refractivity contribution < 1.29 is 22.7 Å². The quantitative estimate of drug-likeness (QED) is 0.842. The minimum Gasteiger partial charge on any atom is -0.391 e. The smallest absolute Gasteiger partial charge is 0.391 e. The molecule has 0 spiro atoms. The molecule has 0 saturated heterocycles. The summed E-state index contributed by atoms with van der Waals surface area (Å²) in [4.78, 5) is 1.54. The maximum atomic E-state index is 13.9. The van der Waals surface area contributed by atoms with Crippen LogP contribution in [-0.2, 0) is 6.18 Å². The number of anilines is 1. The van der Waals surface area contributed by atoms with Crippen LogP contribution in [0.3, 0.4) is 0 Å². The van der Waals surface area contributed by atoms with Crippen molar-refractivity contribution in [3.63, 3.8) is 0 Å². The first-order valence-electron chi connectivity index (χ1n) is 6.58. The fraction of sp³-hybridized carbons (Fsp3) is 0.571. The Hall–Kier alpha value is -1.30. The van der Waals surface area contributed by atoms with Gasteiger partial charge >= 0.3 is 6.18 Å². The monoisotopic (exact) mass is 291 g/mol. The summed E-state index contributed by atoms with van der Waals surface area (Å²) in [5, 5.41) is 9.93. The lowest BCUT2D eigenvalue weighted by molar-refractivity contribution is -0.137. The molecule has 1 fully saturated rings. The van der Waals surface area contributed by atoms with Crippen molar-refractivity contribution in [1.29, 1.82) is 0 Å². The van der Waals surface area contributed by atoms with Gasteiger partial charge in [-0.1, -0.05) is 12.8 Å². The number of likely N-dealkylation sites (N-methyl/N-ethyl adjacent to an activating group) is 1. The van der Waals surface area contributed by atoms with E-state index < -0.39 is 23.7 Å². The number of hydrogen-bond donors (Lipinski definition) is 1.